The molecule has 1 fully saturated rings. The van der Waals surface area contributed by atoms with Crippen LogP contribution in [-0.2, 0) is 0 Å². The first-order valence-corrected chi connectivity index (χ1v) is 8.90. The average molecular weight is 293 g/mol. The third-order valence-electron chi connectivity index (χ3n) is 4.72. The van der Waals surface area contributed by atoms with Gasteiger partial charge in [0.05, 0.1) is 0 Å². The first-order valence-electron chi connectivity index (χ1n) is 7.91. The van der Waals surface area contributed by atoms with Gasteiger partial charge in [-0.2, -0.15) is 0 Å². The molecule has 0 radical (unpaired) electrons. The third-order valence-corrected chi connectivity index (χ3v) is 5.88. The van der Waals surface area contributed by atoms with E-state index in [0.717, 1.165) is 23.0 Å². The molecule has 1 N–H and O–H groups in total. The predicted molar refractivity (Wildman–Crippen MR) is 83.7 cm³/mol. The first-order chi connectivity index (χ1) is 9.74. The van der Waals surface area contributed by atoms with Gasteiger partial charge in [0.2, 0.25) is 0 Å². The fraction of sp³-hybridized carbons (Fsp3) is 0.647. The number of fused-ring (bicyclic) bond motifs is 1. The highest BCUT2D eigenvalue weighted by Crippen LogP contribution is 2.38. The number of halogens is 1. The zero-order chi connectivity index (χ0) is 13.9. The van der Waals surface area contributed by atoms with E-state index in [4.69, 9.17) is 0 Å². The van der Waals surface area contributed by atoms with E-state index in [0.29, 0.717) is 12.1 Å². The zero-order valence-corrected chi connectivity index (χ0v) is 13.0. The molecule has 1 aliphatic heterocycles. The van der Waals surface area contributed by atoms with E-state index in [-0.39, 0.29) is 5.82 Å². The van der Waals surface area contributed by atoms with Crippen LogP contribution in [0.5, 0.6) is 0 Å². The van der Waals surface area contributed by atoms with Crippen LogP contribution in [-0.4, -0.2) is 11.8 Å². The van der Waals surface area contributed by atoms with Gasteiger partial charge in [0.25, 0.3) is 0 Å². The van der Waals surface area contributed by atoms with E-state index in [2.05, 4.69) is 18.3 Å². The Balaban J connectivity index is 1.71. The molecule has 1 nitrogen and oxygen atoms in total. The summed E-state index contributed by atoms with van der Waals surface area (Å²) in [4.78, 5) is 0.873. The number of rotatable bonds is 2. The van der Waals surface area contributed by atoms with Crippen molar-refractivity contribution in [3.63, 3.8) is 0 Å². The Labute approximate surface area is 125 Å². The van der Waals surface area contributed by atoms with Crippen molar-refractivity contribution in [3.05, 3.63) is 29.6 Å². The van der Waals surface area contributed by atoms with Crippen molar-refractivity contribution < 1.29 is 4.39 Å². The molecule has 3 heteroatoms. The SMILES string of the molecule is CC1CCCC(NC2CCSc3c(F)cccc32)CC1. The minimum absolute atomic E-state index is 0.0477. The summed E-state index contributed by atoms with van der Waals surface area (Å²) in [5, 5.41) is 3.82. The molecule has 0 bridgehead atoms. The van der Waals surface area contributed by atoms with Crippen LogP contribution in [0.2, 0.25) is 0 Å². The highest BCUT2D eigenvalue weighted by atomic mass is 32.2. The average Bonchev–Trinajstić information content (AvgIpc) is 2.65. The summed E-state index contributed by atoms with van der Waals surface area (Å²) in [6.07, 6.45) is 7.69. The lowest BCUT2D eigenvalue weighted by Gasteiger charge is -2.30. The molecular weight excluding hydrogens is 269 g/mol. The molecule has 3 atom stereocenters. The molecule has 1 aliphatic carbocycles. The smallest absolute Gasteiger partial charge is 0.137 e. The lowest BCUT2D eigenvalue weighted by atomic mass is 9.99. The van der Waals surface area contributed by atoms with Gasteiger partial charge >= 0.3 is 0 Å². The van der Waals surface area contributed by atoms with Gasteiger partial charge in [0.1, 0.15) is 5.82 Å². The summed E-state index contributed by atoms with van der Waals surface area (Å²) in [5.41, 5.74) is 1.18. The summed E-state index contributed by atoms with van der Waals surface area (Å²) >= 11 is 1.67. The minimum atomic E-state index is -0.0477. The first kappa shape index (κ1) is 14.4. The Morgan fingerprint density at radius 3 is 2.95 bits per heavy atom. The van der Waals surface area contributed by atoms with Crippen LogP contribution in [0.1, 0.15) is 57.1 Å². The normalized spacial score (nSPS) is 30.6. The molecule has 3 unspecified atom stereocenters. The van der Waals surface area contributed by atoms with Crippen molar-refractivity contribution in [2.75, 3.05) is 5.75 Å². The Bertz CT molecular complexity index is 462. The maximum atomic E-state index is 13.9. The van der Waals surface area contributed by atoms with E-state index >= 15 is 0 Å². The van der Waals surface area contributed by atoms with Gasteiger partial charge in [0.15, 0.2) is 0 Å². The van der Waals surface area contributed by atoms with Crippen LogP contribution < -0.4 is 5.32 Å². The number of thioether (sulfide) groups is 1. The van der Waals surface area contributed by atoms with Gasteiger partial charge < -0.3 is 5.32 Å². The van der Waals surface area contributed by atoms with Crippen molar-refractivity contribution in [1.29, 1.82) is 0 Å². The van der Waals surface area contributed by atoms with Crippen molar-refractivity contribution in [2.45, 2.75) is 62.4 Å². The predicted octanol–water partition coefficient (Wildman–Crippen LogP) is 4.92. The third kappa shape index (κ3) is 3.20. The minimum Gasteiger partial charge on any atom is -0.307 e. The van der Waals surface area contributed by atoms with Crippen molar-refractivity contribution in [2.24, 2.45) is 5.92 Å². The van der Waals surface area contributed by atoms with Crippen LogP contribution in [0.15, 0.2) is 23.1 Å². The summed E-state index contributed by atoms with van der Waals surface area (Å²) in [7, 11) is 0. The van der Waals surface area contributed by atoms with E-state index in [1.165, 1.54) is 37.7 Å². The Morgan fingerprint density at radius 2 is 2.05 bits per heavy atom. The highest BCUT2D eigenvalue weighted by molar-refractivity contribution is 7.99. The zero-order valence-electron chi connectivity index (χ0n) is 12.2. The van der Waals surface area contributed by atoms with Gasteiger partial charge in [0, 0.05) is 17.0 Å². The van der Waals surface area contributed by atoms with Crippen molar-refractivity contribution in [3.8, 4) is 0 Å². The van der Waals surface area contributed by atoms with Crippen molar-refractivity contribution in [1.82, 2.24) is 5.32 Å². The van der Waals surface area contributed by atoms with E-state index in [1.54, 1.807) is 17.8 Å². The molecule has 110 valence electrons. The second-order valence-corrected chi connectivity index (χ2v) is 7.43. The van der Waals surface area contributed by atoms with Crippen LogP contribution in [0.25, 0.3) is 0 Å². The Hall–Kier alpha value is -0.540. The molecule has 1 saturated carbocycles. The number of nitrogens with one attached hydrogen (secondary N) is 1. The number of benzene rings is 1. The fourth-order valence-electron chi connectivity index (χ4n) is 3.50. The van der Waals surface area contributed by atoms with Gasteiger partial charge in [-0.25, -0.2) is 4.39 Å². The largest absolute Gasteiger partial charge is 0.307 e. The lowest BCUT2D eigenvalue weighted by Crippen LogP contribution is -2.34. The number of hydrogen-bond donors (Lipinski definition) is 1. The van der Waals surface area contributed by atoms with Crippen LogP contribution in [0, 0.1) is 11.7 Å². The van der Waals surface area contributed by atoms with Crippen molar-refractivity contribution >= 4 is 11.8 Å². The summed E-state index contributed by atoms with van der Waals surface area (Å²) < 4.78 is 13.9. The second kappa shape index (κ2) is 6.48. The molecule has 20 heavy (non-hydrogen) atoms. The van der Waals surface area contributed by atoms with Gasteiger partial charge in [-0.3, -0.25) is 0 Å². The quantitative estimate of drug-likeness (QED) is 0.777. The van der Waals surface area contributed by atoms with Crippen LogP contribution in [0.4, 0.5) is 4.39 Å². The van der Waals surface area contributed by atoms with E-state index in [1.807, 2.05) is 6.07 Å². The molecule has 3 rings (SSSR count). The van der Waals surface area contributed by atoms with Crippen LogP contribution >= 0.6 is 11.8 Å². The summed E-state index contributed by atoms with van der Waals surface area (Å²) in [6, 6.07) is 6.50. The van der Waals surface area contributed by atoms with E-state index in [9.17, 15) is 4.39 Å². The maximum Gasteiger partial charge on any atom is 0.137 e. The Morgan fingerprint density at radius 1 is 1.15 bits per heavy atom. The van der Waals surface area contributed by atoms with Gasteiger partial charge in [-0.15, -0.1) is 11.8 Å². The molecule has 0 spiro atoms. The van der Waals surface area contributed by atoms with Gasteiger partial charge in [-0.05, 0) is 49.0 Å². The van der Waals surface area contributed by atoms with Gasteiger partial charge in [-0.1, -0.05) is 31.9 Å². The maximum absolute atomic E-state index is 13.9. The standard InChI is InChI=1S/C17H24FNS/c1-12-4-2-5-13(9-8-12)19-16-10-11-20-17-14(16)6-3-7-15(17)18/h3,6-7,12-13,16,19H,2,4-5,8-11H2,1H3. The lowest BCUT2D eigenvalue weighted by molar-refractivity contribution is 0.381. The fourth-order valence-corrected chi connectivity index (χ4v) is 4.64. The molecule has 1 heterocycles. The molecule has 2 aliphatic rings. The molecule has 1 aromatic carbocycles. The molecule has 0 aromatic heterocycles. The monoisotopic (exact) mass is 293 g/mol. The van der Waals surface area contributed by atoms with E-state index < -0.39 is 0 Å². The molecular formula is C17H24FNS. The summed E-state index contributed by atoms with van der Waals surface area (Å²) in [6.45, 7) is 2.37. The molecule has 0 saturated heterocycles. The second-order valence-electron chi connectivity index (χ2n) is 6.32. The summed E-state index contributed by atoms with van der Waals surface area (Å²) in [5.74, 6) is 1.84. The molecule has 1 aromatic rings. The highest BCUT2D eigenvalue weighted by Gasteiger charge is 2.26. The number of hydrogen-bond acceptors (Lipinski definition) is 2. The molecule has 0 amide bonds. The topological polar surface area (TPSA) is 12.0 Å². The Kier molecular flexibility index (Phi) is 4.67. The van der Waals surface area contributed by atoms with Crippen LogP contribution in [0.3, 0.4) is 0 Å².